The van der Waals surface area contributed by atoms with Gasteiger partial charge in [0, 0.05) is 24.8 Å². The fourth-order valence-corrected chi connectivity index (χ4v) is 1.38. The molecule has 0 saturated carbocycles. The van der Waals surface area contributed by atoms with Crippen LogP contribution in [-0.4, -0.2) is 42.4 Å². The van der Waals surface area contributed by atoms with E-state index in [4.69, 9.17) is 25.5 Å². The molecule has 0 unspecified atom stereocenters. The first-order valence-electron chi connectivity index (χ1n) is 6.27. The monoisotopic (exact) mass is 444 g/mol. The maximum absolute atomic E-state index is 10.4. The smallest absolute Gasteiger partial charge is 0.478 e. The van der Waals surface area contributed by atoms with E-state index in [0.717, 1.165) is 11.1 Å². The Labute approximate surface area is 157 Å². The van der Waals surface area contributed by atoms with Crippen LogP contribution in [0.5, 0.6) is 0 Å². The van der Waals surface area contributed by atoms with Crippen molar-refractivity contribution in [3.05, 3.63) is 69.3 Å². The topological polar surface area (TPSA) is 164 Å². The summed E-state index contributed by atoms with van der Waals surface area (Å²) in [5.74, 6) is -1.85. The van der Waals surface area contributed by atoms with Crippen LogP contribution in [0.2, 0.25) is 0 Å². The van der Waals surface area contributed by atoms with Crippen LogP contribution in [-0.2, 0) is 22.4 Å². The van der Waals surface area contributed by atoms with Crippen molar-refractivity contribution in [2.75, 3.05) is 0 Å². The number of aromatic nitrogens is 2. The Morgan fingerprint density at radius 3 is 1.40 bits per heavy atom. The molecular weight excluding hydrogens is 430 g/mol. The molecule has 0 amide bonds. The predicted octanol–water partition coefficient (Wildman–Crippen LogP) is 1.83. The molecule has 0 aliphatic rings. The number of hydrogen-bond donors (Lipinski definition) is 3. The van der Waals surface area contributed by atoms with Crippen molar-refractivity contribution < 1.29 is 52.5 Å². The van der Waals surface area contributed by atoms with E-state index in [2.05, 4.69) is 9.97 Å². The van der Waals surface area contributed by atoms with Gasteiger partial charge >= 0.3 is 34.3 Å². The number of nitrogens with zero attached hydrogens (tertiary/aromatic N) is 3. The minimum atomic E-state index is -1.50. The molecule has 11 heteroatoms. The number of carboxylic acids is 2. The van der Waals surface area contributed by atoms with Gasteiger partial charge in [0.15, 0.2) is 0 Å². The van der Waals surface area contributed by atoms with E-state index in [9.17, 15) is 9.59 Å². The Morgan fingerprint density at radius 1 is 0.960 bits per heavy atom. The number of carboxylic acid groups (broad SMARTS) is 2. The van der Waals surface area contributed by atoms with Crippen molar-refractivity contribution in [2.45, 2.75) is 13.8 Å². The normalized spacial score (nSPS) is 8.40. The van der Waals surface area contributed by atoms with Crippen LogP contribution in [0.4, 0.5) is 0 Å². The second-order valence-electron chi connectivity index (χ2n) is 4.23. The zero-order valence-corrected chi connectivity index (χ0v) is 14.6. The van der Waals surface area contributed by atoms with Crippen LogP contribution in [0.25, 0.3) is 0 Å². The molecule has 2 aromatic rings. The van der Waals surface area contributed by atoms with Crippen LogP contribution in [0.15, 0.2) is 36.9 Å². The van der Waals surface area contributed by atoms with E-state index >= 15 is 0 Å². The number of aryl methyl sites for hydroxylation is 2. The summed E-state index contributed by atoms with van der Waals surface area (Å²) in [5, 5.41) is 30.7. The van der Waals surface area contributed by atoms with Gasteiger partial charge in [-0.3, -0.25) is 9.97 Å². The zero-order valence-electron chi connectivity index (χ0n) is 13.1. The van der Waals surface area contributed by atoms with Gasteiger partial charge in [0.2, 0.25) is 0 Å². The molecule has 2 rings (SSSR count). The molecule has 0 aromatic carbocycles. The first-order chi connectivity index (χ1) is 11.2. The summed E-state index contributed by atoms with van der Waals surface area (Å²) in [6.07, 6.45) is 5.83. The fourth-order valence-electron chi connectivity index (χ4n) is 1.38. The van der Waals surface area contributed by atoms with Crippen molar-refractivity contribution in [2.24, 2.45) is 0 Å². The maximum atomic E-state index is 10.4. The second kappa shape index (κ2) is 12.6. The summed E-state index contributed by atoms with van der Waals surface area (Å²) >= 11 is 0. The summed E-state index contributed by atoms with van der Waals surface area (Å²) in [7, 11) is 0. The third kappa shape index (κ3) is 10.5. The third-order valence-corrected chi connectivity index (χ3v) is 2.54. The molecule has 10 nitrogen and oxygen atoms in total. The van der Waals surface area contributed by atoms with Gasteiger partial charge in [-0.2, -0.15) is 0 Å². The first kappa shape index (κ1) is 24.4. The molecule has 2 heterocycles. The largest absolute Gasteiger partial charge is 1.00 e. The van der Waals surface area contributed by atoms with Gasteiger partial charge < -0.3 is 15.4 Å². The molecule has 0 aliphatic carbocycles. The van der Waals surface area contributed by atoms with E-state index in [1.807, 2.05) is 0 Å². The zero-order chi connectivity index (χ0) is 18.7. The van der Waals surface area contributed by atoms with E-state index < -0.39 is 17.0 Å². The average Bonchev–Trinajstić information content (AvgIpc) is 2.47. The van der Waals surface area contributed by atoms with E-state index in [1.165, 1.54) is 12.4 Å². The fraction of sp³-hybridized carbons (Fsp3) is 0.143. The molecule has 0 bridgehead atoms. The molecule has 0 spiro atoms. The first-order valence-corrected chi connectivity index (χ1v) is 6.27. The Morgan fingerprint density at radius 2 is 1.24 bits per heavy atom. The summed E-state index contributed by atoms with van der Waals surface area (Å²) in [5.41, 5.74) is 2.01. The molecule has 2 aromatic heterocycles. The van der Waals surface area contributed by atoms with Crippen molar-refractivity contribution in [3.8, 4) is 0 Å². The Bertz CT molecular complexity index is 666. The number of aromatic carboxylic acids is 2. The minimum absolute atomic E-state index is 0. The number of carbonyl (C=O) groups is 2. The van der Waals surface area contributed by atoms with E-state index in [1.54, 1.807) is 38.4 Å². The summed E-state index contributed by atoms with van der Waals surface area (Å²) in [4.78, 5) is 36.5. The van der Waals surface area contributed by atoms with Crippen LogP contribution in [0.1, 0.15) is 31.8 Å². The standard InChI is InChI=1S/2C7H7NO2.Ag.HNO3/c2*1-5-2-3-8-4-6(5)7(9)10;;2-1(3)4/h2*2-4H,1H3,(H,9,10);;(H,2,3,4)/q;;+1;. The van der Waals surface area contributed by atoms with Crippen molar-refractivity contribution >= 4 is 11.9 Å². The Balaban J connectivity index is 0. The Kier molecular flexibility index (Phi) is 12.3. The minimum Gasteiger partial charge on any atom is -0.478 e. The van der Waals surface area contributed by atoms with E-state index in [0.29, 0.717) is 0 Å². The number of pyridine rings is 2. The molecule has 25 heavy (non-hydrogen) atoms. The van der Waals surface area contributed by atoms with Crippen molar-refractivity contribution in [3.63, 3.8) is 0 Å². The van der Waals surface area contributed by atoms with Gasteiger partial charge in [-0.05, 0) is 37.1 Å². The predicted molar refractivity (Wildman–Crippen MR) is 80.6 cm³/mol. The van der Waals surface area contributed by atoms with Gasteiger partial charge in [0.05, 0.1) is 11.1 Å². The molecule has 0 saturated heterocycles. The van der Waals surface area contributed by atoms with Crippen LogP contribution in [0.3, 0.4) is 0 Å². The van der Waals surface area contributed by atoms with Crippen LogP contribution < -0.4 is 0 Å². The van der Waals surface area contributed by atoms with Crippen molar-refractivity contribution in [1.29, 1.82) is 0 Å². The SMILES string of the molecule is Cc1ccncc1C(=O)O.Cc1ccncc1C(=O)O.O=[N+]([O-])O.[Ag+]. The molecule has 138 valence electrons. The quantitative estimate of drug-likeness (QED) is 0.355. The van der Waals surface area contributed by atoms with Crippen LogP contribution in [0, 0.1) is 24.0 Å². The summed E-state index contributed by atoms with van der Waals surface area (Å²) < 4.78 is 0. The third-order valence-electron chi connectivity index (χ3n) is 2.54. The van der Waals surface area contributed by atoms with Gasteiger partial charge in [-0.1, -0.05) is 0 Å². The molecule has 0 fully saturated rings. The van der Waals surface area contributed by atoms with E-state index in [-0.39, 0.29) is 33.5 Å². The number of rotatable bonds is 2. The van der Waals surface area contributed by atoms with Crippen LogP contribution >= 0.6 is 0 Å². The van der Waals surface area contributed by atoms with Gasteiger partial charge in [0.25, 0.3) is 5.09 Å². The second-order valence-corrected chi connectivity index (χ2v) is 4.23. The molecule has 0 radical (unpaired) electrons. The van der Waals surface area contributed by atoms with Crippen molar-refractivity contribution in [1.82, 2.24) is 9.97 Å². The molecule has 0 aliphatic heterocycles. The summed E-state index contributed by atoms with van der Waals surface area (Å²) in [6.45, 7) is 3.48. The summed E-state index contributed by atoms with van der Waals surface area (Å²) in [6, 6.07) is 3.34. The molecular formula is C14H15AgN3O7+. The molecule has 3 N–H and O–H groups in total. The number of hydrogen-bond acceptors (Lipinski definition) is 6. The van der Waals surface area contributed by atoms with Gasteiger partial charge in [-0.15, -0.1) is 10.1 Å². The Hall–Kier alpha value is -2.82. The van der Waals surface area contributed by atoms with Gasteiger partial charge in [-0.25, -0.2) is 9.59 Å². The molecule has 0 atom stereocenters. The van der Waals surface area contributed by atoms with Gasteiger partial charge in [0.1, 0.15) is 0 Å². The maximum Gasteiger partial charge on any atom is 1.00 e. The average molecular weight is 445 g/mol.